The first kappa shape index (κ1) is 18.2. The van der Waals surface area contributed by atoms with Crippen LogP contribution in [0, 0.1) is 6.92 Å². The lowest BCUT2D eigenvalue weighted by atomic mass is 10.2. The number of carbonyl (C=O) groups excluding carboxylic acids is 2. The number of benzene rings is 1. The van der Waals surface area contributed by atoms with E-state index in [2.05, 4.69) is 0 Å². The Balaban J connectivity index is 1.74. The van der Waals surface area contributed by atoms with Gasteiger partial charge in [0.05, 0.1) is 6.54 Å². The topological polar surface area (TPSA) is 53.8 Å². The van der Waals surface area contributed by atoms with Crippen molar-refractivity contribution in [2.75, 3.05) is 6.54 Å². The highest BCUT2D eigenvalue weighted by molar-refractivity contribution is 5.85. The van der Waals surface area contributed by atoms with Crippen LogP contribution in [0.3, 0.4) is 0 Å². The van der Waals surface area contributed by atoms with Gasteiger partial charge in [0.25, 0.3) is 0 Å². The van der Waals surface area contributed by atoms with Crippen LogP contribution in [-0.4, -0.2) is 34.2 Å². The van der Waals surface area contributed by atoms with Crippen LogP contribution in [0.5, 0.6) is 0 Å². The Morgan fingerprint density at radius 1 is 1.04 bits per heavy atom. The number of hydrogen-bond acceptors (Lipinski definition) is 3. The molecule has 2 amide bonds. The Hall–Kier alpha value is -2.56. The van der Waals surface area contributed by atoms with Crippen molar-refractivity contribution in [3.63, 3.8) is 0 Å². The molecule has 0 atom stereocenters. The summed E-state index contributed by atoms with van der Waals surface area (Å²) in [5, 5.41) is 0. The lowest BCUT2D eigenvalue weighted by molar-refractivity contribution is -0.141. The molecule has 138 valence electrons. The van der Waals surface area contributed by atoms with E-state index in [0.717, 1.165) is 29.9 Å². The van der Waals surface area contributed by atoms with Gasteiger partial charge in [-0.1, -0.05) is 37.3 Å². The summed E-state index contributed by atoms with van der Waals surface area (Å²) in [4.78, 5) is 28.7. The van der Waals surface area contributed by atoms with Gasteiger partial charge in [0.1, 0.15) is 18.1 Å². The van der Waals surface area contributed by atoms with Crippen molar-refractivity contribution in [1.29, 1.82) is 0 Å². The number of amides is 2. The molecule has 1 aromatic heterocycles. The van der Waals surface area contributed by atoms with Crippen LogP contribution >= 0.6 is 0 Å². The molecule has 1 heterocycles. The van der Waals surface area contributed by atoms with Crippen molar-refractivity contribution in [2.45, 2.75) is 52.2 Å². The molecular weight excluding hydrogens is 328 g/mol. The zero-order valence-electron chi connectivity index (χ0n) is 15.5. The van der Waals surface area contributed by atoms with Crippen molar-refractivity contribution in [3.05, 3.63) is 59.5 Å². The molecule has 1 saturated carbocycles. The van der Waals surface area contributed by atoms with Crippen LogP contribution in [0.4, 0.5) is 0 Å². The van der Waals surface area contributed by atoms with Gasteiger partial charge >= 0.3 is 0 Å². The third-order valence-corrected chi connectivity index (χ3v) is 4.63. The third kappa shape index (κ3) is 4.75. The molecule has 5 nitrogen and oxygen atoms in total. The summed E-state index contributed by atoms with van der Waals surface area (Å²) in [6.07, 6.45) is 2.42. The van der Waals surface area contributed by atoms with Crippen molar-refractivity contribution >= 4 is 11.8 Å². The van der Waals surface area contributed by atoms with Crippen LogP contribution in [0.1, 0.15) is 43.3 Å². The Morgan fingerprint density at radius 2 is 1.77 bits per heavy atom. The fourth-order valence-corrected chi connectivity index (χ4v) is 3.05. The Labute approximate surface area is 154 Å². The predicted molar refractivity (Wildman–Crippen MR) is 99.2 cm³/mol. The Bertz CT molecular complexity index is 750. The Kier molecular flexibility index (Phi) is 5.76. The number of carbonyl (C=O) groups is 2. The second kappa shape index (κ2) is 8.21. The summed E-state index contributed by atoms with van der Waals surface area (Å²) in [5.41, 5.74) is 1.06. The van der Waals surface area contributed by atoms with Gasteiger partial charge in [-0.3, -0.25) is 9.59 Å². The average molecular weight is 354 g/mol. The van der Waals surface area contributed by atoms with Gasteiger partial charge in [-0.15, -0.1) is 0 Å². The quantitative estimate of drug-likeness (QED) is 0.729. The molecule has 1 aromatic carbocycles. The van der Waals surface area contributed by atoms with Gasteiger partial charge in [-0.25, -0.2) is 0 Å². The van der Waals surface area contributed by atoms with E-state index in [4.69, 9.17) is 4.42 Å². The first-order chi connectivity index (χ1) is 12.6. The minimum atomic E-state index is -0.0448. The molecule has 3 rings (SSSR count). The molecule has 0 radical (unpaired) electrons. The predicted octanol–water partition coefficient (Wildman–Crippen LogP) is 3.52. The lowest BCUT2D eigenvalue weighted by Gasteiger charge is -2.27. The largest absolute Gasteiger partial charge is 0.464 e. The molecule has 5 heteroatoms. The summed E-state index contributed by atoms with van der Waals surface area (Å²) < 4.78 is 5.66. The monoisotopic (exact) mass is 354 g/mol. The van der Waals surface area contributed by atoms with E-state index in [-0.39, 0.29) is 24.4 Å². The van der Waals surface area contributed by atoms with Crippen molar-refractivity contribution in [2.24, 2.45) is 0 Å². The molecule has 0 spiro atoms. The van der Waals surface area contributed by atoms with Crippen molar-refractivity contribution in [3.8, 4) is 0 Å². The second-order valence-electron chi connectivity index (χ2n) is 6.85. The zero-order valence-corrected chi connectivity index (χ0v) is 15.5. The molecule has 1 aliphatic carbocycles. The number of hydrogen-bond donors (Lipinski definition) is 0. The normalized spacial score (nSPS) is 13.5. The van der Waals surface area contributed by atoms with Crippen LogP contribution in [0.15, 0.2) is 46.9 Å². The van der Waals surface area contributed by atoms with Gasteiger partial charge in [0.15, 0.2) is 0 Å². The van der Waals surface area contributed by atoms with E-state index in [1.165, 1.54) is 0 Å². The fourth-order valence-electron chi connectivity index (χ4n) is 3.05. The minimum Gasteiger partial charge on any atom is -0.464 e. The Morgan fingerprint density at radius 3 is 2.35 bits per heavy atom. The van der Waals surface area contributed by atoms with Crippen LogP contribution in [-0.2, 0) is 22.7 Å². The smallest absolute Gasteiger partial charge is 0.242 e. The van der Waals surface area contributed by atoms with E-state index in [9.17, 15) is 9.59 Å². The molecule has 0 bridgehead atoms. The summed E-state index contributed by atoms with van der Waals surface area (Å²) in [7, 11) is 0. The average Bonchev–Trinajstić information content (AvgIpc) is 3.41. The highest BCUT2D eigenvalue weighted by Gasteiger charge is 2.34. The number of nitrogens with zero attached hydrogens (tertiary/aromatic N) is 2. The number of furan rings is 1. The summed E-state index contributed by atoms with van der Waals surface area (Å²) in [5.74, 6) is 1.59. The number of rotatable bonds is 8. The van der Waals surface area contributed by atoms with E-state index < -0.39 is 0 Å². The maximum Gasteiger partial charge on any atom is 0.242 e. The van der Waals surface area contributed by atoms with Gasteiger partial charge in [-0.2, -0.15) is 0 Å². The van der Waals surface area contributed by atoms with Crippen molar-refractivity contribution < 1.29 is 14.0 Å². The first-order valence-electron chi connectivity index (χ1n) is 9.23. The fraction of sp³-hybridized carbons (Fsp3) is 0.429. The van der Waals surface area contributed by atoms with E-state index in [1.807, 2.05) is 56.3 Å². The van der Waals surface area contributed by atoms with E-state index in [1.54, 1.807) is 9.80 Å². The maximum atomic E-state index is 13.0. The SMILES string of the molecule is CCC(=O)N(CC(=O)N(Cc1ccccc1)Cc1ccc(C)o1)C1CC1. The molecule has 1 fully saturated rings. The van der Waals surface area contributed by atoms with E-state index >= 15 is 0 Å². The molecule has 1 aliphatic rings. The van der Waals surface area contributed by atoms with Gasteiger partial charge in [0.2, 0.25) is 11.8 Å². The molecule has 0 aliphatic heterocycles. The molecule has 26 heavy (non-hydrogen) atoms. The van der Waals surface area contributed by atoms with Crippen molar-refractivity contribution in [1.82, 2.24) is 9.80 Å². The second-order valence-corrected chi connectivity index (χ2v) is 6.85. The van der Waals surface area contributed by atoms with Crippen LogP contribution in [0.25, 0.3) is 0 Å². The van der Waals surface area contributed by atoms with Gasteiger partial charge < -0.3 is 14.2 Å². The van der Waals surface area contributed by atoms with Crippen LogP contribution in [0.2, 0.25) is 0 Å². The summed E-state index contributed by atoms with van der Waals surface area (Å²) >= 11 is 0. The molecular formula is C21H26N2O3. The summed E-state index contributed by atoms with van der Waals surface area (Å²) in [6.45, 7) is 4.78. The van der Waals surface area contributed by atoms with Gasteiger partial charge in [-0.05, 0) is 37.5 Å². The molecule has 0 unspecified atom stereocenters. The zero-order chi connectivity index (χ0) is 18.5. The molecule has 0 N–H and O–H groups in total. The lowest BCUT2D eigenvalue weighted by Crippen LogP contribution is -2.43. The van der Waals surface area contributed by atoms with Gasteiger partial charge in [0, 0.05) is 19.0 Å². The first-order valence-corrected chi connectivity index (χ1v) is 9.23. The highest BCUT2D eigenvalue weighted by Crippen LogP contribution is 2.27. The minimum absolute atomic E-state index is 0.0448. The number of aryl methyl sites for hydroxylation is 1. The maximum absolute atomic E-state index is 13.0. The van der Waals surface area contributed by atoms with E-state index in [0.29, 0.717) is 19.5 Å². The molecule has 0 saturated heterocycles. The molecule has 2 aromatic rings. The third-order valence-electron chi connectivity index (χ3n) is 4.63. The highest BCUT2D eigenvalue weighted by atomic mass is 16.3. The summed E-state index contributed by atoms with van der Waals surface area (Å²) in [6, 6.07) is 13.9. The standard InChI is InChI=1S/C21H26N2O3/c1-3-20(24)23(18-10-11-18)15-21(25)22(13-17-7-5-4-6-8-17)14-19-12-9-16(2)26-19/h4-9,12,18H,3,10-11,13-15H2,1-2H3. The van der Waals surface area contributed by atoms with Crippen LogP contribution < -0.4 is 0 Å².